The van der Waals surface area contributed by atoms with Crippen LogP contribution < -0.4 is 25.1 Å². The van der Waals surface area contributed by atoms with Gasteiger partial charge in [0.25, 0.3) is 17.7 Å². The Hall–Kier alpha value is -5.26. The maximum Gasteiger partial charge on any atom is 0.282 e. The van der Waals surface area contributed by atoms with Crippen molar-refractivity contribution in [3.8, 4) is 11.5 Å². The third-order valence-electron chi connectivity index (χ3n) is 6.98. The molecule has 240 valence electrons. The number of carbonyl (C=O) groups is 3. The minimum absolute atomic E-state index is 0.0960. The molecule has 1 unspecified atom stereocenters. The van der Waals surface area contributed by atoms with Crippen molar-refractivity contribution in [1.82, 2.24) is 5.32 Å². The number of methoxy groups -OCH3 is 1. The Morgan fingerprint density at radius 3 is 2.32 bits per heavy atom. The van der Waals surface area contributed by atoms with Crippen LogP contribution in [0.2, 0.25) is 10.0 Å². The molecule has 0 spiro atoms. The van der Waals surface area contributed by atoms with Crippen molar-refractivity contribution in [3.05, 3.63) is 111 Å². The molecule has 0 saturated heterocycles. The van der Waals surface area contributed by atoms with Crippen LogP contribution in [0.1, 0.15) is 27.0 Å². The topological polar surface area (TPSA) is 134 Å². The number of amidine groups is 1. The van der Waals surface area contributed by atoms with E-state index < -0.39 is 23.8 Å². The van der Waals surface area contributed by atoms with Gasteiger partial charge in [-0.1, -0.05) is 47.0 Å². The molecule has 1 aliphatic heterocycles. The highest BCUT2D eigenvalue weighted by molar-refractivity contribution is 6.40. The van der Waals surface area contributed by atoms with Gasteiger partial charge in [-0.3, -0.25) is 14.4 Å². The fourth-order valence-corrected chi connectivity index (χ4v) is 5.45. The molecule has 0 aromatic heterocycles. The van der Waals surface area contributed by atoms with Crippen LogP contribution in [0.15, 0.2) is 94.2 Å². The smallest absolute Gasteiger partial charge is 0.282 e. The molecule has 1 aliphatic rings. The quantitative estimate of drug-likeness (QED) is 0.182. The summed E-state index contributed by atoms with van der Waals surface area (Å²) in [5, 5.41) is 19.5. The van der Waals surface area contributed by atoms with Gasteiger partial charge in [-0.2, -0.15) is 15.2 Å². The van der Waals surface area contributed by atoms with Crippen LogP contribution in [0.3, 0.4) is 0 Å². The van der Waals surface area contributed by atoms with Crippen molar-refractivity contribution < 1.29 is 23.9 Å². The molecule has 4 aromatic rings. The highest BCUT2D eigenvalue weighted by Crippen LogP contribution is 2.37. The van der Waals surface area contributed by atoms with E-state index in [1.54, 1.807) is 61.7 Å². The van der Waals surface area contributed by atoms with Crippen LogP contribution in [0.25, 0.3) is 0 Å². The number of hydrazone groups is 1. The summed E-state index contributed by atoms with van der Waals surface area (Å²) >= 11 is 12.9. The van der Waals surface area contributed by atoms with E-state index in [1.165, 1.54) is 6.07 Å². The van der Waals surface area contributed by atoms with Crippen molar-refractivity contribution in [2.45, 2.75) is 26.8 Å². The van der Waals surface area contributed by atoms with Crippen molar-refractivity contribution >= 4 is 63.8 Å². The number of ether oxygens (including phenoxy) is 2. The highest BCUT2D eigenvalue weighted by atomic mass is 35.5. The van der Waals surface area contributed by atoms with Crippen LogP contribution in [0, 0.1) is 20.8 Å². The molecule has 0 aliphatic carbocycles. The molecular weight excluding hydrogens is 643 g/mol. The average molecular weight is 674 g/mol. The zero-order valence-electron chi connectivity index (χ0n) is 25.9. The van der Waals surface area contributed by atoms with Gasteiger partial charge >= 0.3 is 0 Å². The molecule has 1 atom stereocenters. The number of nitrogens with zero attached hydrogens (tertiary/aromatic N) is 4. The molecular formula is C34H30Cl2N6O5. The van der Waals surface area contributed by atoms with Crippen LogP contribution in [-0.4, -0.2) is 43.3 Å². The van der Waals surface area contributed by atoms with Crippen molar-refractivity contribution in [2.75, 3.05) is 24.0 Å². The summed E-state index contributed by atoms with van der Waals surface area (Å²) in [6.45, 7) is 5.46. The second-order valence-electron chi connectivity index (χ2n) is 10.7. The molecule has 47 heavy (non-hydrogen) atoms. The second-order valence-corrected chi connectivity index (χ2v) is 11.5. The number of hydrogen-bond donors (Lipinski definition) is 2. The number of benzene rings is 4. The van der Waals surface area contributed by atoms with E-state index in [0.717, 1.165) is 21.7 Å². The van der Waals surface area contributed by atoms with E-state index in [9.17, 15) is 14.4 Å². The molecule has 0 radical (unpaired) electrons. The van der Waals surface area contributed by atoms with Gasteiger partial charge in [-0.15, -0.1) is 5.10 Å². The van der Waals surface area contributed by atoms with E-state index in [-0.39, 0.29) is 33.7 Å². The molecule has 13 heteroatoms. The maximum absolute atomic E-state index is 13.6. The van der Waals surface area contributed by atoms with E-state index in [4.69, 9.17) is 32.7 Å². The normalized spacial score (nSPS) is 14.3. The van der Waals surface area contributed by atoms with Crippen LogP contribution in [0.5, 0.6) is 11.5 Å². The molecule has 3 amide bonds. The van der Waals surface area contributed by atoms with Crippen LogP contribution in [-0.2, 0) is 9.59 Å². The minimum atomic E-state index is -1.32. The van der Waals surface area contributed by atoms with Gasteiger partial charge < -0.3 is 20.1 Å². The number of azo groups is 1. The van der Waals surface area contributed by atoms with E-state index >= 15 is 0 Å². The minimum Gasteiger partial charge on any atom is -0.497 e. The number of nitrogens with one attached hydrogen (secondary N) is 2. The van der Waals surface area contributed by atoms with Crippen molar-refractivity contribution in [3.63, 3.8) is 0 Å². The van der Waals surface area contributed by atoms with E-state index in [0.29, 0.717) is 22.9 Å². The Labute approximate surface area is 281 Å². The largest absolute Gasteiger partial charge is 0.497 e. The zero-order chi connectivity index (χ0) is 33.7. The zero-order valence-corrected chi connectivity index (χ0v) is 27.4. The number of carbonyl (C=O) groups excluding carboxylic acids is 3. The van der Waals surface area contributed by atoms with Gasteiger partial charge in [0.15, 0.2) is 12.4 Å². The fourth-order valence-electron chi connectivity index (χ4n) is 4.70. The molecule has 5 rings (SSSR count). The molecule has 2 N–H and O–H groups in total. The monoisotopic (exact) mass is 672 g/mol. The Kier molecular flexibility index (Phi) is 10.2. The van der Waals surface area contributed by atoms with Gasteiger partial charge in [-0.05, 0) is 92.6 Å². The summed E-state index contributed by atoms with van der Waals surface area (Å²) in [4.78, 5) is 39.7. The van der Waals surface area contributed by atoms with E-state index in [1.807, 2.05) is 39.0 Å². The summed E-state index contributed by atoms with van der Waals surface area (Å²) in [6.07, 6.45) is 0. The van der Waals surface area contributed by atoms with E-state index in [2.05, 4.69) is 26.0 Å². The number of aryl methyl sites for hydroxylation is 3. The average Bonchev–Trinajstić information content (AvgIpc) is 3.33. The molecule has 0 bridgehead atoms. The standard InChI is InChI=1S/C34H30Cl2N6O5/c1-19-8-13-28(21(3)14-19)47-18-29(43)37-24-7-5-6-22(17-24)33(44)38-32-30(40-39-23-9-11-25(46-4)12-10-23)34(45)42(41-32)31-26(35)15-20(2)16-27(31)36/h5-17,30H,18H2,1-4H3,(H,37,43)(H,38,41,44). The second kappa shape index (κ2) is 14.4. The number of amides is 3. The lowest BCUT2D eigenvalue weighted by Gasteiger charge is -2.16. The summed E-state index contributed by atoms with van der Waals surface area (Å²) < 4.78 is 10.8. The first-order chi connectivity index (χ1) is 22.5. The van der Waals surface area contributed by atoms with Crippen molar-refractivity contribution in [1.29, 1.82) is 0 Å². The molecule has 0 fully saturated rings. The maximum atomic E-state index is 13.6. The number of halogens is 2. The van der Waals surface area contributed by atoms with Gasteiger partial charge in [-0.25, -0.2) is 0 Å². The van der Waals surface area contributed by atoms with Crippen LogP contribution in [0.4, 0.5) is 17.1 Å². The van der Waals surface area contributed by atoms with Gasteiger partial charge in [0.1, 0.15) is 17.2 Å². The predicted molar refractivity (Wildman–Crippen MR) is 181 cm³/mol. The van der Waals surface area contributed by atoms with Crippen LogP contribution >= 0.6 is 23.2 Å². The Balaban J connectivity index is 1.35. The lowest BCUT2D eigenvalue weighted by atomic mass is 10.1. The van der Waals surface area contributed by atoms with Gasteiger partial charge in [0.05, 0.1) is 22.8 Å². The number of anilines is 2. The predicted octanol–water partition coefficient (Wildman–Crippen LogP) is 7.19. The van der Waals surface area contributed by atoms with Crippen molar-refractivity contribution in [2.24, 2.45) is 15.3 Å². The SMILES string of the molecule is COc1ccc(N=NC2C(=O)N(c3c(Cl)cc(C)cc3Cl)N=C2NC(=O)c2cccc(NC(=O)COc3ccc(C)cc3C)c2)cc1. The Morgan fingerprint density at radius 1 is 0.915 bits per heavy atom. The lowest BCUT2D eigenvalue weighted by molar-refractivity contribution is -0.118. The third-order valence-corrected chi connectivity index (χ3v) is 7.56. The summed E-state index contributed by atoms with van der Waals surface area (Å²) in [5.74, 6) is -0.512. The summed E-state index contributed by atoms with van der Waals surface area (Å²) in [5.41, 5.74) is 3.93. The Bertz CT molecular complexity index is 1890. The van der Waals surface area contributed by atoms with Gasteiger partial charge in [0, 0.05) is 11.3 Å². The molecule has 11 nitrogen and oxygen atoms in total. The first-order valence-electron chi connectivity index (χ1n) is 14.4. The summed E-state index contributed by atoms with van der Waals surface area (Å²) in [7, 11) is 1.54. The first-order valence-corrected chi connectivity index (χ1v) is 15.1. The third kappa shape index (κ3) is 7.94. The first kappa shape index (κ1) is 33.1. The summed E-state index contributed by atoms with van der Waals surface area (Å²) in [6, 6.07) is 20.6. The number of hydrogen-bond acceptors (Lipinski definition) is 8. The molecule has 0 saturated carbocycles. The number of rotatable bonds is 9. The van der Waals surface area contributed by atoms with Gasteiger partial charge in [0.2, 0.25) is 6.04 Å². The Morgan fingerprint density at radius 2 is 1.64 bits per heavy atom. The molecule has 1 heterocycles. The fraction of sp³-hybridized carbons (Fsp3) is 0.176. The highest BCUT2D eigenvalue weighted by Gasteiger charge is 2.40. The lowest BCUT2D eigenvalue weighted by Crippen LogP contribution is -2.39. The molecule has 4 aromatic carbocycles.